The van der Waals surface area contributed by atoms with E-state index in [4.69, 9.17) is 28.2 Å². The van der Waals surface area contributed by atoms with Crippen LogP contribution in [-0.4, -0.2) is 37.9 Å². The number of aromatic nitrogens is 5. The average molecular weight is 486 g/mol. The molecule has 0 fully saturated rings. The Morgan fingerprint density at radius 1 is 1.09 bits per heavy atom. The molecule has 12 heteroatoms. The second kappa shape index (κ2) is 9.80. The third-order valence-electron chi connectivity index (χ3n) is 4.77. The van der Waals surface area contributed by atoms with E-state index in [1.165, 1.54) is 12.3 Å². The molecule has 4 aromatic rings. The Labute approximate surface area is 198 Å². The predicted octanol–water partition coefficient (Wildman–Crippen LogP) is 4.10. The number of nitrogens with one attached hydrogen (secondary N) is 3. The van der Waals surface area contributed by atoms with Gasteiger partial charge in [-0.05, 0) is 24.3 Å². The Balaban J connectivity index is 1.52. The van der Waals surface area contributed by atoms with E-state index in [9.17, 15) is 10.1 Å². The summed E-state index contributed by atoms with van der Waals surface area (Å²) in [5, 5.41) is 18.0. The van der Waals surface area contributed by atoms with Crippen molar-refractivity contribution in [1.82, 2.24) is 19.9 Å². The largest absolute Gasteiger partial charge is 0.368 e. The zero-order chi connectivity index (χ0) is 23.4. The quantitative estimate of drug-likeness (QED) is 0.148. The first-order valence-electron chi connectivity index (χ1n) is 9.86. The van der Waals surface area contributed by atoms with Crippen LogP contribution in [0.25, 0.3) is 22.6 Å². The van der Waals surface area contributed by atoms with Crippen LogP contribution in [0.4, 0.5) is 17.5 Å². The molecule has 0 radical (unpaired) electrons. The Morgan fingerprint density at radius 3 is 2.58 bits per heavy atom. The van der Waals surface area contributed by atoms with Gasteiger partial charge in [-0.2, -0.15) is 0 Å². The van der Waals surface area contributed by atoms with E-state index < -0.39 is 4.92 Å². The summed E-state index contributed by atoms with van der Waals surface area (Å²) < 4.78 is 1.93. The second-order valence-corrected chi connectivity index (χ2v) is 7.86. The van der Waals surface area contributed by atoms with Crippen LogP contribution in [-0.2, 0) is 7.05 Å². The van der Waals surface area contributed by atoms with Gasteiger partial charge in [0, 0.05) is 35.9 Å². The number of imidazole rings is 1. The van der Waals surface area contributed by atoms with Crippen molar-refractivity contribution in [1.29, 1.82) is 0 Å². The van der Waals surface area contributed by atoms with Gasteiger partial charge < -0.3 is 10.6 Å². The molecule has 0 bridgehead atoms. The molecule has 0 aliphatic rings. The van der Waals surface area contributed by atoms with Crippen LogP contribution in [0.1, 0.15) is 0 Å². The lowest BCUT2D eigenvalue weighted by molar-refractivity contribution is -0.658. The van der Waals surface area contributed by atoms with Gasteiger partial charge in [-0.1, -0.05) is 23.2 Å². The number of benzene rings is 1. The van der Waals surface area contributed by atoms with Crippen LogP contribution in [0, 0.1) is 10.1 Å². The Hall–Kier alpha value is -3.76. The lowest BCUT2D eigenvalue weighted by Crippen LogP contribution is -2.28. The molecule has 0 atom stereocenters. The third kappa shape index (κ3) is 5.18. The van der Waals surface area contributed by atoms with Crippen LogP contribution in [0.15, 0.2) is 55.1 Å². The first kappa shape index (κ1) is 22.4. The molecule has 4 rings (SSSR count). The molecule has 3 N–H and O–H groups in total. The zero-order valence-electron chi connectivity index (χ0n) is 17.4. The van der Waals surface area contributed by atoms with Gasteiger partial charge in [0.1, 0.15) is 30.0 Å². The van der Waals surface area contributed by atoms with Crippen LogP contribution in [0.2, 0.25) is 10.0 Å². The van der Waals surface area contributed by atoms with Crippen molar-refractivity contribution in [3.63, 3.8) is 0 Å². The topological polar surface area (TPSA) is 126 Å². The number of pyridine rings is 1. The van der Waals surface area contributed by atoms with Crippen molar-refractivity contribution in [2.24, 2.45) is 7.05 Å². The number of nitro groups is 1. The van der Waals surface area contributed by atoms with Crippen molar-refractivity contribution in [3.05, 3.63) is 75.3 Å². The van der Waals surface area contributed by atoms with Gasteiger partial charge in [0.05, 0.1) is 22.7 Å². The van der Waals surface area contributed by atoms with Crippen LogP contribution >= 0.6 is 23.2 Å². The molecule has 0 spiro atoms. The first-order chi connectivity index (χ1) is 15.9. The molecular weight excluding hydrogens is 467 g/mol. The summed E-state index contributed by atoms with van der Waals surface area (Å²) in [6.45, 7) is 0.987. The van der Waals surface area contributed by atoms with E-state index in [0.29, 0.717) is 40.6 Å². The molecule has 0 saturated heterocycles. The normalized spacial score (nSPS) is 10.8. The van der Waals surface area contributed by atoms with Gasteiger partial charge in [-0.3, -0.25) is 10.1 Å². The SMILES string of the molecule is C[n+]1cc[nH]c1-c1cnc(NCCNc2ccc([N+](=O)[O-])cn2)nc1-c1ccc(Cl)cc1Cl. The highest BCUT2D eigenvalue weighted by Gasteiger charge is 2.21. The van der Waals surface area contributed by atoms with E-state index in [1.807, 2.05) is 30.1 Å². The fourth-order valence-corrected chi connectivity index (χ4v) is 3.66. The number of aromatic amines is 1. The van der Waals surface area contributed by atoms with Crippen molar-refractivity contribution in [2.75, 3.05) is 23.7 Å². The molecule has 3 heterocycles. The molecule has 168 valence electrons. The number of halogens is 2. The molecule has 0 aliphatic heterocycles. The van der Waals surface area contributed by atoms with E-state index in [0.717, 1.165) is 17.0 Å². The van der Waals surface area contributed by atoms with E-state index in [1.54, 1.807) is 24.4 Å². The van der Waals surface area contributed by atoms with Gasteiger partial charge in [0.25, 0.3) is 11.5 Å². The third-order valence-corrected chi connectivity index (χ3v) is 5.32. The molecule has 0 unspecified atom stereocenters. The van der Waals surface area contributed by atoms with Crippen molar-refractivity contribution < 1.29 is 9.49 Å². The summed E-state index contributed by atoms with van der Waals surface area (Å²) in [5.74, 6) is 1.78. The van der Waals surface area contributed by atoms with Crippen molar-refractivity contribution in [2.45, 2.75) is 0 Å². The van der Waals surface area contributed by atoms with Crippen LogP contribution in [0.3, 0.4) is 0 Å². The lowest BCUT2D eigenvalue weighted by atomic mass is 10.1. The van der Waals surface area contributed by atoms with Gasteiger partial charge in [0.2, 0.25) is 5.95 Å². The summed E-state index contributed by atoms with van der Waals surface area (Å²) in [5.41, 5.74) is 2.10. The highest BCUT2D eigenvalue weighted by atomic mass is 35.5. The molecule has 1 aromatic carbocycles. The minimum Gasteiger partial charge on any atom is -0.368 e. The minimum absolute atomic E-state index is 0.0592. The number of nitrogens with zero attached hydrogens (tertiary/aromatic N) is 5. The Bertz CT molecular complexity index is 1290. The van der Waals surface area contributed by atoms with E-state index in [2.05, 4.69) is 25.6 Å². The van der Waals surface area contributed by atoms with E-state index in [-0.39, 0.29) is 5.69 Å². The monoisotopic (exact) mass is 485 g/mol. The number of rotatable bonds is 8. The molecular formula is C21H19Cl2N8O2+. The lowest BCUT2D eigenvalue weighted by Gasteiger charge is -2.11. The van der Waals surface area contributed by atoms with Gasteiger partial charge in [-0.25, -0.2) is 24.5 Å². The number of hydrogen-bond donors (Lipinski definition) is 3. The smallest absolute Gasteiger partial charge is 0.290 e. The number of anilines is 2. The van der Waals surface area contributed by atoms with E-state index >= 15 is 0 Å². The predicted molar refractivity (Wildman–Crippen MR) is 126 cm³/mol. The number of H-pyrrole nitrogens is 1. The number of hydrogen-bond acceptors (Lipinski definition) is 7. The van der Waals surface area contributed by atoms with Gasteiger partial charge >= 0.3 is 0 Å². The standard InChI is InChI=1S/C21H18Cl2N8O2/c1-30-9-8-25-20(30)16-12-28-21(29-19(16)15-4-2-13(22)10-17(15)23)26-7-6-24-18-5-3-14(11-27-18)31(32)33/h2-5,8-12H,6-7H2,1H3,(H2,24,25,26,27,28,29)/p+1. The molecule has 33 heavy (non-hydrogen) atoms. The molecule has 0 aliphatic carbocycles. The maximum absolute atomic E-state index is 10.7. The first-order valence-corrected chi connectivity index (χ1v) is 10.6. The average Bonchev–Trinajstić information content (AvgIpc) is 3.22. The number of aryl methyl sites for hydroxylation is 1. The Kier molecular flexibility index (Phi) is 6.66. The molecule has 0 amide bonds. The molecule has 10 nitrogen and oxygen atoms in total. The minimum atomic E-state index is -0.489. The summed E-state index contributed by atoms with van der Waals surface area (Å²) in [6.07, 6.45) is 6.66. The fraction of sp³-hybridized carbons (Fsp3) is 0.143. The fourth-order valence-electron chi connectivity index (χ4n) is 3.16. The highest BCUT2D eigenvalue weighted by molar-refractivity contribution is 6.36. The maximum Gasteiger partial charge on any atom is 0.290 e. The Morgan fingerprint density at radius 2 is 1.91 bits per heavy atom. The van der Waals surface area contributed by atoms with Gasteiger partial charge in [-0.15, -0.1) is 0 Å². The van der Waals surface area contributed by atoms with Crippen molar-refractivity contribution >= 4 is 40.7 Å². The van der Waals surface area contributed by atoms with Gasteiger partial charge in [0.15, 0.2) is 0 Å². The molecule has 0 saturated carbocycles. The maximum atomic E-state index is 10.7. The summed E-state index contributed by atoms with van der Waals surface area (Å²) in [4.78, 5) is 26.6. The zero-order valence-corrected chi connectivity index (χ0v) is 18.9. The van der Waals surface area contributed by atoms with Crippen molar-refractivity contribution in [3.8, 4) is 22.6 Å². The summed E-state index contributed by atoms with van der Waals surface area (Å²) in [6, 6.07) is 8.21. The summed E-state index contributed by atoms with van der Waals surface area (Å²) >= 11 is 12.5. The van der Waals surface area contributed by atoms with Crippen LogP contribution < -0.4 is 15.2 Å². The second-order valence-electron chi connectivity index (χ2n) is 7.01. The van der Waals surface area contributed by atoms with Crippen LogP contribution in [0.5, 0.6) is 0 Å². The highest BCUT2D eigenvalue weighted by Crippen LogP contribution is 2.34. The molecule has 3 aromatic heterocycles. The summed E-state index contributed by atoms with van der Waals surface area (Å²) in [7, 11) is 1.92.